The summed E-state index contributed by atoms with van der Waals surface area (Å²) in [6.07, 6.45) is 0.691. The molecule has 0 atom stereocenters. The normalized spacial score (nSPS) is 14.4. The van der Waals surface area contributed by atoms with Crippen LogP contribution in [0.2, 0.25) is 0 Å². The van der Waals surface area contributed by atoms with Crippen LogP contribution in [0.4, 0.5) is 0 Å². The van der Waals surface area contributed by atoms with Crippen LogP contribution in [0.1, 0.15) is 35.3 Å². The Kier molecular flexibility index (Phi) is 6.01. The number of fused-ring (bicyclic) bond motifs is 1. The van der Waals surface area contributed by atoms with Gasteiger partial charge < -0.3 is 4.90 Å². The summed E-state index contributed by atoms with van der Waals surface area (Å²) in [5, 5.41) is 0. The minimum atomic E-state index is -3.67. The maximum atomic E-state index is 13.2. The molecule has 0 spiro atoms. The van der Waals surface area contributed by atoms with E-state index in [-0.39, 0.29) is 10.8 Å². The molecule has 1 aliphatic rings. The maximum absolute atomic E-state index is 13.2. The van der Waals surface area contributed by atoms with E-state index in [0.29, 0.717) is 38.2 Å². The number of nitrogens with zero attached hydrogens (tertiary/aromatic N) is 2. The lowest BCUT2D eigenvalue weighted by atomic mass is 10.0. The number of rotatable bonds is 6. The molecule has 28 heavy (non-hydrogen) atoms. The van der Waals surface area contributed by atoms with E-state index in [4.69, 9.17) is 0 Å². The van der Waals surface area contributed by atoms with Gasteiger partial charge in [-0.25, -0.2) is 8.42 Å². The lowest BCUT2D eigenvalue weighted by Crippen LogP contribution is -2.36. The van der Waals surface area contributed by atoms with Crippen LogP contribution in [0.3, 0.4) is 0 Å². The predicted octanol–water partition coefficient (Wildman–Crippen LogP) is 3.47. The highest BCUT2D eigenvalue weighted by Gasteiger charge is 2.29. The molecular formula is C22H26N2O3S. The lowest BCUT2D eigenvalue weighted by molar-refractivity contribution is 0.0778. The summed E-state index contributed by atoms with van der Waals surface area (Å²) in [6, 6.07) is 14.2. The van der Waals surface area contributed by atoms with E-state index in [0.717, 1.165) is 11.1 Å². The van der Waals surface area contributed by atoms with Gasteiger partial charge in [0.15, 0.2) is 0 Å². The Morgan fingerprint density at radius 1 is 1.14 bits per heavy atom. The van der Waals surface area contributed by atoms with Gasteiger partial charge >= 0.3 is 0 Å². The molecule has 5 nitrogen and oxygen atoms in total. The molecule has 148 valence electrons. The van der Waals surface area contributed by atoms with Gasteiger partial charge in [0.2, 0.25) is 10.0 Å². The van der Waals surface area contributed by atoms with Crippen molar-refractivity contribution in [2.45, 2.75) is 31.7 Å². The van der Waals surface area contributed by atoms with Crippen molar-refractivity contribution in [3.63, 3.8) is 0 Å². The fourth-order valence-corrected chi connectivity index (χ4v) is 4.91. The Balaban J connectivity index is 1.87. The summed E-state index contributed by atoms with van der Waals surface area (Å²) in [5.41, 5.74) is 3.48. The molecular weight excluding hydrogens is 372 g/mol. The van der Waals surface area contributed by atoms with E-state index >= 15 is 0 Å². The van der Waals surface area contributed by atoms with Gasteiger partial charge in [-0.2, -0.15) is 4.31 Å². The van der Waals surface area contributed by atoms with Crippen molar-refractivity contribution in [3.05, 3.63) is 77.4 Å². The number of amides is 1. The zero-order chi connectivity index (χ0) is 20.3. The van der Waals surface area contributed by atoms with Crippen LogP contribution >= 0.6 is 0 Å². The molecule has 1 heterocycles. The SMILES string of the molecule is C=C(C)CN(CC)C(=O)c1cccc(S(=O)(=O)N2CCc3ccccc3C2)c1. The van der Waals surface area contributed by atoms with Crippen LogP contribution < -0.4 is 0 Å². The number of benzene rings is 2. The van der Waals surface area contributed by atoms with Crippen molar-refractivity contribution in [1.82, 2.24) is 9.21 Å². The third kappa shape index (κ3) is 4.18. The summed E-state index contributed by atoms with van der Waals surface area (Å²) < 4.78 is 27.8. The van der Waals surface area contributed by atoms with Crippen LogP contribution in [-0.4, -0.2) is 43.2 Å². The standard InChI is InChI=1S/C22H26N2O3S/c1-4-23(15-17(2)3)22(25)19-10-7-11-21(14-19)28(26,27)24-13-12-18-8-5-6-9-20(18)16-24/h5-11,14H,2,4,12-13,15-16H2,1,3H3. The van der Waals surface area contributed by atoms with Crippen LogP contribution in [0.25, 0.3) is 0 Å². The van der Waals surface area contributed by atoms with Gasteiger partial charge in [-0.15, -0.1) is 0 Å². The number of hydrogen-bond acceptors (Lipinski definition) is 3. The summed E-state index contributed by atoms with van der Waals surface area (Å²) in [5.74, 6) is -0.188. The molecule has 0 bridgehead atoms. The van der Waals surface area contributed by atoms with Gasteiger partial charge in [0, 0.05) is 31.7 Å². The van der Waals surface area contributed by atoms with Crippen LogP contribution in [-0.2, 0) is 23.0 Å². The highest BCUT2D eigenvalue weighted by atomic mass is 32.2. The monoisotopic (exact) mass is 398 g/mol. The topological polar surface area (TPSA) is 57.7 Å². The van der Waals surface area contributed by atoms with Gasteiger partial charge in [-0.05, 0) is 49.6 Å². The van der Waals surface area contributed by atoms with Gasteiger partial charge in [0.1, 0.15) is 0 Å². The third-order valence-corrected chi connectivity index (χ3v) is 6.79. The first kappa shape index (κ1) is 20.3. The van der Waals surface area contributed by atoms with Crippen molar-refractivity contribution in [2.75, 3.05) is 19.6 Å². The van der Waals surface area contributed by atoms with Crippen molar-refractivity contribution in [3.8, 4) is 0 Å². The minimum absolute atomic E-state index is 0.157. The molecule has 2 aromatic carbocycles. The van der Waals surface area contributed by atoms with Crippen molar-refractivity contribution >= 4 is 15.9 Å². The highest BCUT2D eigenvalue weighted by Crippen LogP contribution is 2.25. The van der Waals surface area contributed by atoms with Gasteiger partial charge in [-0.3, -0.25) is 4.79 Å². The van der Waals surface area contributed by atoms with E-state index in [9.17, 15) is 13.2 Å². The largest absolute Gasteiger partial charge is 0.335 e. The second-order valence-corrected chi connectivity index (χ2v) is 9.10. The van der Waals surface area contributed by atoms with E-state index in [1.807, 2.05) is 38.1 Å². The van der Waals surface area contributed by atoms with Gasteiger partial charge in [0.05, 0.1) is 4.90 Å². The van der Waals surface area contributed by atoms with Gasteiger partial charge in [0.25, 0.3) is 5.91 Å². The average molecular weight is 399 g/mol. The molecule has 0 fully saturated rings. The zero-order valence-electron chi connectivity index (χ0n) is 16.4. The summed E-state index contributed by atoms with van der Waals surface area (Å²) in [7, 11) is -3.67. The Morgan fingerprint density at radius 2 is 1.86 bits per heavy atom. The Bertz CT molecular complexity index is 998. The number of hydrogen-bond donors (Lipinski definition) is 0. The van der Waals surface area contributed by atoms with Crippen molar-refractivity contribution in [1.29, 1.82) is 0 Å². The molecule has 3 rings (SSSR count). The highest BCUT2D eigenvalue weighted by molar-refractivity contribution is 7.89. The zero-order valence-corrected chi connectivity index (χ0v) is 17.2. The van der Waals surface area contributed by atoms with E-state index in [1.165, 1.54) is 15.9 Å². The predicted molar refractivity (Wildman–Crippen MR) is 111 cm³/mol. The second kappa shape index (κ2) is 8.29. The molecule has 0 saturated carbocycles. The maximum Gasteiger partial charge on any atom is 0.254 e. The lowest BCUT2D eigenvalue weighted by Gasteiger charge is -2.28. The smallest absolute Gasteiger partial charge is 0.254 e. The van der Waals surface area contributed by atoms with E-state index in [2.05, 4.69) is 6.58 Å². The molecule has 0 N–H and O–H groups in total. The Hall–Kier alpha value is -2.44. The second-order valence-electron chi connectivity index (χ2n) is 7.16. The number of carbonyl (C=O) groups excluding carboxylic acids is 1. The molecule has 6 heteroatoms. The van der Waals surface area contributed by atoms with Crippen molar-refractivity contribution in [2.24, 2.45) is 0 Å². The quantitative estimate of drug-likeness (QED) is 0.700. The molecule has 2 aromatic rings. The average Bonchev–Trinajstić information content (AvgIpc) is 2.71. The first-order chi connectivity index (χ1) is 13.3. The molecule has 0 saturated heterocycles. The van der Waals surface area contributed by atoms with Crippen LogP contribution in [0.5, 0.6) is 0 Å². The summed E-state index contributed by atoms with van der Waals surface area (Å²) >= 11 is 0. The first-order valence-electron chi connectivity index (χ1n) is 9.43. The molecule has 0 radical (unpaired) electrons. The number of likely N-dealkylation sites (N-methyl/N-ethyl adjacent to an activating group) is 1. The van der Waals surface area contributed by atoms with Crippen molar-refractivity contribution < 1.29 is 13.2 Å². The first-order valence-corrected chi connectivity index (χ1v) is 10.9. The molecule has 1 amide bonds. The molecule has 0 aromatic heterocycles. The minimum Gasteiger partial charge on any atom is -0.335 e. The van der Waals surface area contributed by atoms with E-state index < -0.39 is 10.0 Å². The molecule has 0 aliphatic carbocycles. The van der Waals surface area contributed by atoms with E-state index in [1.54, 1.807) is 23.1 Å². The summed E-state index contributed by atoms with van der Waals surface area (Å²) in [6.45, 7) is 9.40. The third-order valence-electron chi connectivity index (χ3n) is 4.94. The molecule has 0 unspecified atom stereocenters. The van der Waals surface area contributed by atoms with Gasteiger partial charge in [-0.1, -0.05) is 42.5 Å². The number of sulfonamides is 1. The fourth-order valence-electron chi connectivity index (χ4n) is 3.45. The Morgan fingerprint density at radius 3 is 2.54 bits per heavy atom. The summed E-state index contributed by atoms with van der Waals surface area (Å²) in [4.78, 5) is 14.6. The van der Waals surface area contributed by atoms with Crippen LogP contribution in [0.15, 0.2) is 65.6 Å². The molecule has 1 aliphatic heterocycles. The Labute approximate surface area is 167 Å². The van der Waals surface area contributed by atoms with Crippen LogP contribution in [0, 0.1) is 0 Å². The number of carbonyl (C=O) groups is 1. The fraction of sp³-hybridized carbons (Fsp3) is 0.318.